The lowest BCUT2D eigenvalue weighted by Gasteiger charge is -2.18. The maximum absolute atomic E-state index is 13.5. The van der Waals surface area contributed by atoms with E-state index in [2.05, 4.69) is 0 Å². The summed E-state index contributed by atoms with van der Waals surface area (Å²) in [6.07, 6.45) is 0. The van der Waals surface area contributed by atoms with Crippen molar-refractivity contribution in [1.82, 2.24) is 0 Å². The third kappa shape index (κ3) is 2.41. The first-order valence-corrected chi connectivity index (χ1v) is 7.96. The molecule has 0 aliphatic carbocycles. The van der Waals surface area contributed by atoms with Gasteiger partial charge >= 0.3 is 5.97 Å². The highest BCUT2D eigenvalue weighted by Crippen LogP contribution is 2.12. The molecule has 0 radical (unpaired) electrons. The lowest BCUT2D eigenvalue weighted by atomic mass is 10.2. The van der Waals surface area contributed by atoms with Gasteiger partial charge in [0.2, 0.25) is 0 Å². The molecule has 0 heterocycles. The van der Waals surface area contributed by atoms with Crippen LogP contribution in [0.3, 0.4) is 0 Å². The normalized spacial score (nSPS) is 11.5. The molecule has 1 rings (SSSR count). The number of hydrogen-bond donors (Lipinski definition) is 1. The lowest BCUT2D eigenvalue weighted by Crippen LogP contribution is -2.42. The fourth-order valence-electron chi connectivity index (χ4n) is 1.41. The predicted octanol–water partition coefficient (Wildman–Crippen LogP) is 2.21. The maximum Gasteiger partial charge on any atom is 0.335 e. The Morgan fingerprint density at radius 3 is 1.87 bits per heavy atom. The first kappa shape index (κ1) is 11.8. The topological polar surface area (TPSA) is 37.3 Å². The quantitative estimate of drug-likeness (QED) is 0.791. The van der Waals surface area contributed by atoms with Crippen LogP contribution in [0.2, 0.25) is 19.6 Å². The second-order valence-electron chi connectivity index (χ2n) is 4.37. The number of halogens is 2. The fourth-order valence-corrected chi connectivity index (χ4v) is 2.99. The minimum Gasteiger partial charge on any atom is -0.478 e. The van der Waals surface area contributed by atoms with Gasteiger partial charge in [0.25, 0.3) is 0 Å². The predicted molar refractivity (Wildman–Crippen MR) is 56.3 cm³/mol. The van der Waals surface area contributed by atoms with Crippen molar-refractivity contribution in [2.45, 2.75) is 19.6 Å². The molecule has 1 N–H and O–H groups in total. The van der Waals surface area contributed by atoms with E-state index in [1.807, 2.05) is 0 Å². The number of carboxylic acid groups (broad SMARTS) is 1. The van der Waals surface area contributed by atoms with Gasteiger partial charge in [-0.25, -0.2) is 13.6 Å². The Morgan fingerprint density at radius 2 is 1.60 bits per heavy atom. The van der Waals surface area contributed by atoms with E-state index < -0.39 is 25.7 Å². The Labute approximate surface area is 87.6 Å². The zero-order valence-electron chi connectivity index (χ0n) is 8.77. The molecule has 0 saturated carbocycles. The standard InChI is InChI=1S/C10H12F2O2Si/c1-15(2,3)9-7(11)4-6(10(13)14)5-8(9)12/h4-5H,1-3H3,(H,13,14). The van der Waals surface area contributed by atoms with Gasteiger partial charge in [-0.2, -0.15) is 0 Å². The van der Waals surface area contributed by atoms with Crippen molar-refractivity contribution >= 4 is 19.2 Å². The van der Waals surface area contributed by atoms with Crippen molar-refractivity contribution in [3.63, 3.8) is 0 Å². The van der Waals surface area contributed by atoms with Gasteiger partial charge in [-0.3, -0.25) is 0 Å². The van der Waals surface area contributed by atoms with E-state index in [1.165, 1.54) is 0 Å². The monoisotopic (exact) mass is 230 g/mol. The van der Waals surface area contributed by atoms with Gasteiger partial charge < -0.3 is 5.11 Å². The van der Waals surface area contributed by atoms with E-state index in [-0.39, 0.29) is 10.8 Å². The first-order valence-electron chi connectivity index (χ1n) is 4.46. The van der Waals surface area contributed by atoms with Crippen LogP contribution in [0, 0.1) is 11.6 Å². The molecule has 0 amide bonds. The highest BCUT2D eigenvalue weighted by Gasteiger charge is 2.26. The smallest absolute Gasteiger partial charge is 0.335 e. The van der Waals surface area contributed by atoms with Crippen LogP contribution in [0.5, 0.6) is 0 Å². The molecule has 0 aliphatic heterocycles. The van der Waals surface area contributed by atoms with Gasteiger partial charge in [0.05, 0.1) is 13.6 Å². The molecular weight excluding hydrogens is 218 g/mol. The second kappa shape index (κ2) is 3.73. The summed E-state index contributed by atoms with van der Waals surface area (Å²) in [6.45, 7) is 5.40. The first-order chi connectivity index (χ1) is 6.73. The summed E-state index contributed by atoms with van der Waals surface area (Å²) >= 11 is 0. The Morgan fingerprint density at radius 1 is 1.20 bits per heavy atom. The number of benzene rings is 1. The molecule has 0 bridgehead atoms. The van der Waals surface area contributed by atoms with Crippen molar-refractivity contribution in [3.05, 3.63) is 29.3 Å². The third-order valence-corrected chi connectivity index (χ3v) is 4.02. The average molecular weight is 230 g/mol. The maximum atomic E-state index is 13.5. The molecule has 0 atom stereocenters. The molecule has 1 aromatic rings. The van der Waals surface area contributed by atoms with Gasteiger partial charge in [0.15, 0.2) is 0 Å². The van der Waals surface area contributed by atoms with Gasteiger partial charge in [-0.05, 0) is 12.1 Å². The molecule has 1 aromatic carbocycles. The SMILES string of the molecule is C[Si](C)(C)c1c(F)cc(C(=O)O)cc1F. The molecular formula is C10H12F2O2Si. The Hall–Kier alpha value is -1.23. The molecule has 0 unspecified atom stereocenters. The number of aromatic carboxylic acids is 1. The Kier molecular flexibility index (Phi) is 2.94. The summed E-state index contributed by atoms with van der Waals surface area (Å²) in [5, 5.41) is 8.65. The minimum atomic E-state index is -2.12. The van der Waals surface area contributed by atoms with E-state index in [4.69, 9.17) is 5.11 Å². The van der Waals surface area contributed by atoms with Gasteiger partial charge in [-0.15, -0.1) is 0 Å². The van der Waals surface area contributed by atoms with Crippen molar-refractivity contribution in [2.24, 2.45) is 0 Å². The zero-order chi connectivity index (χ0) is 11.8. The van der Waals surface area contributed by atoms with E-state index in [0.29, 0.717) is 0 Å². The van der Waals surface area contributed by atoms with Crippen LogP contribution >= 0.6 is 0 Å². The molecule has 0 aromatic heterocycles. The number of hydrogen-bond acceptors (Lipinski definition) is 1. The molecule has 5 heteroatoms. The highest BCUT2D eigenvalue weighted by molar-refractivity contribution is 6.88. The summed E-state index contributed by atoms with van der Waals surface area (Å²) in [5.41, 5.74) is -0.355. The van der Waals surface area contributed by atoms with Crippen LogP contribution in [0.4, 0.5) is 8.78 Å². The van der Waals surface area contributed by atoms with Gasteiger partial charge in [0.1, 0.15) is 11.6 Å². The summed E-state index contributed by atoms with van der Waals surface area (Å²) in [7, 11) is -2.12. The van der Waals surface area contributed by atoms with Crippen LogP contribution in [-0.4, -0.2) is 19.1 Å². The third-order valence-electron chi connectivity index (χ3n) is 2.04. The van der Waals surface area contributed by atoms with Crippen LogP contribution in [0.1, 0.15) is 10.4 Å². The molecule has 0 aliphatic rings. The molecule has 0 saturated heterocycles. The highest BCUT2D eigenvalue weighted by atomic mass is 28.3. The minimum absolute atomic E-state index is 0.0486. The number of carbonyl (C=O) groups is 1. The van der Waals surface area contributed by atoms with E-state index in [9.17, 15) is 13.6 Å². The van der Waals surface area contributed by atoms with Crippen LogP contribution < -0.4 is 5.19 Å². The number of rotatable bonds is 2. The molecule has 82 valence electrons. The Bertz CT molecular complexity index is 387. The fraction of sp³-hybridized carbons (Fsp3) is 0.300. The average Bonchev–Trinajstić information content (AvgIpc) is 1.99. The van der Waals surface area contributed by atoms with Gasteiger partial charge in [0, 0.05) is 5.19 Å². The second-order valence-corrected chi connectivity index (χ2v) is 9.37. The molecule has 15 heavy (non-hydrogen) atoms. The van der Waals surface area contributed by atoms with Crippen LogP contribution in [0.25, 0.3) is 0 Å². The van der Waals surface area contributed by atoms with Crippen molar-refractivity contribution in [3.8, 4) is 0 Å². The van der Waals surface area contributed by atoms with E-state index in [0.717, 1.165) is 12.1 Å². The summed E-state index contributed by atoms with van der Waals surface area (Å²) in [4.78, 5) is 10.5. The summed E-state index contributed by atoms with van der Waals surface area (Å²) in [5.74, 6) is -2.84. The lowest BCUT2D eigenvalue weighted by molar-refractivity contribution is 0.0696. The van der Waals surface area contributed by atoms with Crippen LogP contribution in [-0.2, 0) is 0 Å². The molecule has 2 nitrogen and oxygen atoms in total. The molecule has 0 fully saturated rings. The Balaban J connectivity index is 3.41. The van der Waals surface area contributed by atoms with Crippen molar-refractivity contribution in [2.75, 3.05) is 0 Å². The summed E-state index contributed by atoms with van der Waals surface area (Å²) in [6, 6.07) is 1.75. The van der Waals surface area contributed by atoms with Crippen molar-refractivity contribution in [1.29, 1.82) is 0 Å². The van der Waals surface area contributed by atoms with E-state index >= 15 is 0 Å². The van der Waals surface area contributed by atoms with Crippen molar-refractivity contribution < 1.29 is 18.7 Å². The van der Waals surface area contributed by atoms with Crippen LogP contribution in [0.15, 0.2) is 12.1 Å². The van der Waals surface area contributed by atoms with Gasteiger partial charge in [-0.1, -0.05) is 19.6 Å². The largest absolute Gasteiger partial charge is 0.478 e. The number of carboxylic acids is 1. The summed E-state index contributed by atoms with van der Waals surface area (Å²) < 4.78 is 27.0. The zero-order valence-corrected chi connectivity index (χ0v) is 9.77. The molecule has 0 spiro atoms. The van der Waals surface area contributed by atoms with E-state index in [1.54, 1.807) is 19.6 Å².